The molecule has 1 N–H and O–H groups in total. The number of hydrogen-bond acceptors (Lipinski definition) is 6. The summed E-state index contributed by atoms with van der Waals surface area (Å²) in [4.78, 5) is 22.5. The van der Waals surface area contributed by atoms with Gasteiger partial charge < -0.3 is 10.2 Å². The van der Waals surface area contributed by atoms with Gasteiger partial charge in [0.05, 0.1) is 22.8 Å². The lowest BCUT2D eigenvalue weighted by atomic mass is 9.93. The lowest BCUT2D eigenvalue weighted by molar-refractivity contribution is -0.113. The molecule has 1 aromatic heterocycles. The molecule has 0 radical (unpaired) electrons. The molecule has 4 rings (SSSR count). The van der Waals surface area contributed by atoms with Gasteiger partial charge >= 0.3 is 0 Å². The Bertz CT molecular complexity index is 893. The van der Waals surface area contributed by atoms with Crippen molar-refractivity contribution in [2.45, 2.75) is 68.7 Å². The highest BCUT2D eigenvalue weighted by Crippen LogP contribution is 2.31. The number of amides is 1. The topological polar surface area (TPSA) is 48.5 Å². The molecule has 1 saturated carbocycles. The summed E-state index contributed by atoms with van der Waals surface area (Å²) in [6.45, 7) is 10.8. The molecule has 1 aromatic carbocycles. The molecule has 5 nitrogen and oxygen atoms in total. The molecule has 32 heavy (non-hydrogen) atoms. The van der Waals surface area contributed by atoms with Gasteiger partial charge in [-0.25, -0.2) is 4.98 Å². The Morgan fingerprint density at radius 3 is 2.53 bits per heavy atom. The third kappa shape index (κ3) is 6.06. The van der Waals surface area contributed by atoms with Crippen LogP contribution < -0.4 is 10.2 Å². The van der Waals surface area contributed by atoms with E-state index in [1.165, 1.54) is 43.9 Å². The lowest BCUT2D eigenvalue weighted by Gasteiger charge is -2.42. The maximum Gasteiger partial charge on any atom is 0.234 e. The summed E-state index contributed by atoms with van der Waals surface area (Å²) in [7, 11) is 0. The zero-order chi connectivity index (χ0) is 22.6. The highest BCUT2D eigenvalue weighted by atomic mass is 32.2. The van der Waals surface area contributed by atoms with Gasteiger partial charge in [-0.05, 0) is 25.0 Å². The van der Waals surface area contributed by atoms with Crippen LogP contribution in [-0.4, -0.2) is 53.8 Å². The molecule has 2 heterocycles. The van der Waals surface area contributed by atoms with Gasteiger partial charge in [0.2, 0.25) is 5.91 Å². The number of carbonyl (C=O) groups is 1. The second kappa shape index (κ2) is 10.6. The van der Waals surface area contributed by atoms with Gasteiger partial charge in [-0.15, -0.1) is 11.3 Å². The van der Waals surface area contributed by atoms with Crippen LogP contribution in [0.15, 0.2) is 34.0 Å². The third-order valence-corrected chi connectivity index (χ3v) is 8.52. The van der Waals surface area contributed by atoms with E-state index in [9.17, 15) is 4.79 Å². The minimum atomic E-state index is 0.0239. The third-order valence-electron chi connectivity index (χ3n) is 6.50. The minimum absolute atomic E-state index is 0.0239. The number of rotatable bonds is 6. The smallest absolute Gasteiger partial charge is 0.234 e. The molecule has 1 amide bonds. The molecule has 1 aliphatic carbocycles. The Hall–Kier alpha value is -1.57. The Balaban J connectivity index is 1.31. The van der Waals surface area contributed by atoms with Gasteiger partial charge in [-0.1, -0.05) is 63.9 Å². The molecular formula is C25H36N4OS2. The van der Waals surface area contributed by atoms with Crippen molar-refractivity contribution in [2.75, 3.05) is 42.1 Å². The molecule has 0 atom stereocenters. The Labute approximate surface area is 201 Å². The molecule has 2 fully saturated rings. The van der Waals surface area contributed by atoms with Crippen molar-refractivity contribution < 1.29 is 4.79 Å². The van der Waals surface area contributed by atoms with Crippen LogP contribution in [0.3, 0.4) is 0 Å². The number of carbonyl (C=O) groups excluding carboxylic acids is 1. The number of aromatic nitrogens is 1. The van der Waals surface area contributed by atoms with E-state index in [2.05, 4.69) is 58.4 Å². The molecule has 2 aliphatic rings. The van der Waals surface area contributed by atoms with Gasteiger partial charge in [0, 0.05) is 43.0 Å². The normalized spacial score (nSPS) is 18.7. The molecule has 174 valence electrons. The largest absolute Gasteiger partial charge is 0.367 e. The number of para-hydroxylation sites is 2. The van der Waals surface area contributed by atoms with Crippen molar-refractivity contribution in [3.05, 3.63) is 35.3 Å². The van der Waals surface area contributed by atoms with Crippen molar-refractivity contribution in [3.8, 4) is 0 Å². The zero-order valence-corrected chi connectivity index (χ0v) is 21.2. The summed E-state index contributed by atoms with van der Waals surface area (Å²) in [6.07, 6.45) is 6.90. The van der Waals surface area contributed by atoms with Crippen LogP contribution in [0.4, 0.5) is 11.4 Å². The fourth-order valence-corrected chi connectivity index (χ4v) is 6.46. The summed E-state index contributed by atoms with van der Waals surface area (Å²) in [6, 6.07) is 9.00. The highest BCUT2D eigenvalue weighted by molar-refractivity contribution is 8.01. The number of hydrogen-bond donors (Lipinski definition) is 1. The lowest BCUT2D eigenvalue weighted by Crippen LogP contribution is -2.51. The van der Waals surface area contributed by atoms with Gasteiger partial charge in [0.15, 0.2) is 4.34 Å². The number of thiazole rings is 1. The van der Waals surface area contributed by atoms with E-state index in [4.69, 9.17) is 0 Å². The van der Waals surface area contributed by atoms with E-state index in [1.54, 1.807) is 11.3 Å². The summed E-state index contributed by atoms with van der Waals surface area (Å²) in [5.74, 6) is 0.400. The van der Waals surface area contributed by atoms with Crippen LogP contribution in [0.5, 0.6) is 0 Å². The van der Waals surface area contributed by atoms with E-state index < -0.39 is 0 Å². The van der Waals surface area contributed by atoms with Gasteiger partial charge in [0.25, 0.3) is 0 Å². The highest BCUT2D eigenvalue weighted by Gasteiger charge is 2.26. The van der Waals surface area contributed by atoms with Crippen LogP contribution in [0.25, 0.3) is 0 Å². The predicted octanol–water partition coefficient (Wildman–Crippen LogP) is 5.63. The van der Waals surface area contributed by atoms with Crippen LogP contribution in [0.1, 0.15) is 58.6 Å². The van der Waals surface area contributed by atoms with Crippen molar-refractivity contribution in [3.63, 3.8) is 0 Å². The van der Waals surface area contributed by atoms with Crippen molar-refractivity contribution in [1.82, 2.24) is 9.88 Å². The second-order valence-electron chi connectivity index (χ2n) is 9.92. The molecule has 7 heteroatoms. The summed E-state index contributed by atoms with van der Waals surface area (Å²) >= 11 is 3.14. The first-order chi connectivity index (χ1) is 15.4. The zero-order valence-electron chi connectivity index (χ0n) is 19.6. The van der Waals surface area contributed by atoms with Gasteiger partial charge in [0.1, 0.15) is 0 Å². The standard InChI is InChI=1S/C25H36N4OS2/c1-25(2,3)22-17-31-24(27-22)32-18-23(30)26-20-11-7-8-12-21(20)29-15-13-28(14-16-29)19-9-5-4-6-10-19/h7-8,11-12,17,19H,4-6,9-10,13-16,18H2,1-3H3,(H,26,30). The second-order valence-corrected chi connectivity index (χ2v) is 12.0. The van der Waals surface area contributed by atoms with Gasteiger partial charge in [-0.2, -0.15) is 0 Å². The Morgan fingerprint density at radius 1 is 1.12 bits per heavy atom. The van der Waals surface area contributed by atoms with Crippen LogP contribution in [0.2, 0.25) is 0 Å². The van der Waals surface area contributed by atoms with Crippen molar-refractivity contribution >= 4 is 40.4 Å². The van der Waals surface area contributed by atoms with E-state index in [-0.39, 0.29) is 11.3 Å². The first-order valence-corrected chi connectivity index (χ1v) is 13.7. The fourth-order valence-electron chi connectivity index (χ4n) is 4.61. The Kier molecular flexibility index (Phi) is 7.79. The minimum Gasteiger partial charge on any atom is -0.367 e. The van der Waals surface area contributed by atoms with E-state index >= 15 is 0 Å². The number of thioether (sulfide) groups is 1. The number of anilines is 2. The maximum absolute atomic E-state index is 12.7. The molecule has 0 spiro atoms. The molecule has 0 bridgehead atoms. The number of nitrogens with one attached hydrogen (secondary N) is 1. The summed E-state index contributed by atoms with van der Waals surface area (Å²) in [5, 5.41) is 5.25. The quantitative estimate of drug-likeness (QED) is 0.553. The fraction of sp³-hybridized carbons (Fsp3) is 0.600. The monoisotopic (exact) mass is 472 g/mol. The average Bonchev–Trinajstić information content (AvgIpc) is 3.29. The average molecular weight is 473 g/mol. The molecule has 2 aromatic rings. The molecule has 0 unspecified atom stereocenters. The Morgan fingerprint density at radius 2 is 1.84 bits per heavy atom. The van der Waals surface area contributed by atoms with E-state index in [0.29, 0.717) is 5.75 Å². The maximum atomic E-state index is 12.7. The first kappa shape index (κ1) is 23.6. The van der Waals surface area contributed by atoms with Crippen molar-refractivity contribution in [2.24, 2.45) is 0 Å². The van der Waals surface area contributed by atoms with Crippen molar-refractivity contribution in [1.29, 1.82) is 0 Å². The summed E-state index contributed by atoms with van der Waals surface area (Å²) in [5.41, 5.74) is 3.18. The SMILES string of the molecule is CC(C)(C)c1csc(SCC(=O)Nc2ccccc2N2CCN(C3CCCCC3)CC2)n1. The molecule has 1 saturated heterocycles. The van der Waals surface area contributed by atoms with Crippen LogP contribution >= 0.6 is 23.1 Å². The van der Waals surface area contributed by atoms with Crippen LogP contribution in [0, 0.1) is 0 Å². The number of piperazine rings is 1. The predicted molar refractivity (Wildman–Crippen MR) is 137 cm³/mol. The summed E-state index contributed by atoms with van der Waals surface area (Å²) < 4.78 is 0.956. The molecule has 1 aliphatic heterocycles. The number of nitrogens with zero attached hydrogens (tertiary/aromatic N) is 3. The van der Waals surface area contributed by atoms with E-state index in [1.807, 2.05) is 12.1 Å². The molecular weight excluding hydrogens is 436 g/mol. The van der Waals surface area contributed by atoms with E-state index in [0.717, 1.165) is 53.6 Å². The number of benzene rings is 1. The van der Waals surface area contributed by atoms with Crippen LogP contribution in [-0.2, 0) is 10.2 Å². The van der Waals surface area contributed by atoms with Gasteiger partial charge in [-0.3, -0.25) is 9.69 Å². The first-order valence-electron chi connectivity index (χ1n) is 11.9.